The van der Waals surface area contributed by atoms with E-state index in [9.17, 15) is 0 Å². The number of benzene rings is 1. The molecule has 0 aliphatic carbocycles. The molecule has 1 aromatic carbocycles. The van der Waals surface area contributed by atoms with Crippen LogP contribution >= 0.6 is 0 Å². The topological polar surface area (TPSA) is 78.8 Å². The molecule has 96 valence electrons. The van der Waals surface area contributed by atoms with Crippen molar-refractivity contribution < 1.29 is 4.74 Å². The monoisotopic (exact) mass is 247 g/mol. The highest BCUT2D eigenvalue weighted by atomic mass is 16.5. The lowest BCUT2D eigenvalue weighted by Gasteiger charge is -2.05. The smallest absolute Gasteiger partial charge is 0.182 e. The molecule has 2 N–H and O–H groups in total. The zero-order chi connectivity index (χ0) is 12.8. The molecule has 0 bridgehead atoms. The second-order valence-electron chi connectivity index (χ2n) is 3.90. The van der Waals surface area contributed by atoms with Crippen LogP contribution in [0.15, 0.2) is 24.3 Å². The maximum Gasteiger partial charge on any atom is 0.182 e. The number of nitrogen functional groups attached to an aromatic ring is 1. The van der Waals surface area contributed by atoms with Crippen LogP contribution in [0.3, 0.4) is 0 Å². The number of anilines is 1. The Balaban J connectivity index is 2.08. The van der Waals surface area contributed by atoms with Gasteiger partial charge in [-0.1, -0.05) is 12.1 Å². The molecule has 0 spiro atoms. The largest absolute Gasteiger partial charge is 0.399 e. The number of aromatic nitrogens is 4. The van der Waals surface area contributed by atoms with E-state index in [4.69, 9.17) is 10.5 Å². The summed E-state index contributed by atoms with van der Waals surface area (Å²) in [6, 6.07) is 7.54. The Morgan fingerprint density at radius 2 is 2.28 bits per heavy atom. The predicted molar refractivity (Wildman–Crippen MR) is 68.8 cm³/mol. The fraction of sp³-hybridized carbons (Fsp3) is 0.417. The minimum absolute atomic E-state index is 0.705. The molecule has 2 aromatic rings. The first-order valence-corrected chi connectivity index (χ1v) is 6.01. The maximum absolute atomic E-state index is 5.76. The van der Waals surface area contributed by atoms with Crippen LogP contribution in [0.2, 0.25) is 0 Å². The Hall–Kier alpha value is -1.95. The van der Waals surface area contributed by atoms with E-state index < -0.39 is 0 Å². The summed E-state index contributed by atoms with van der Waals surface area (Å²) >= 11 is 0. The number of hydrogen-bond acceptors (Lipinski definition) is 5. The quantitative estimate of drug-likeness (QED) is 0.615. The number of ether oxygens (including phenoxy) is 1. The zero-order valence-corrected chi connectivity index (χ0v) is 10.4. The highest BCUT2D eigenvalue weighted by Crippen LogP contribution is 2.18. The first-order valence-electron chi connectivity index (χ1n) is 6.01. The van der Waals surface area contributed by atoms with Gasteiger partial charge in [-0.15, -0.1) is 5.10 Å². The van der Waals surface area contributed by atoms with Crippen molar-refractivity contribution in [3.8, 4) is 11.4 Å². The highest BCUT2D eigenvalue weighted by molar-refractivity contribution is 5.60. The Bertz CT molecular complexity index is 497. The molecule has 0 unspecified atom stereocenters. The fourth-order valence-corrected chi connectivity index (χ4v) is 1.70. The van der Waals surface area contributed by atoms with Crippen molar-refractivity contribution in [2.45, 2.75) is 19.9 Å². The Kier molecular flexibility index (Phi) is 4.25. The van der Waals surface area contributed by atoms with Gasteiger partial charge in [-0.25, -0.2) is 4.68 Å². The molecule has 0 radical (unpaired) electrons. The summed E-state index contributed by atoms with van der Waals surface area (Å²) in [5, 5.41) is 11.7. The number of aryl methyl sites for hydroxylation is 1. The van der Waals surface area contributed by atoms with E-state index in [0.29, 0.717) is 12.3 Å². The van der Waals surface area contributed by atoms with E-state index in [1.165, 1.54) is 0 Å². The van der Waals surface area contributed by atoms with Gasteiger partial charge in [0.25, 0.3) is 0 Å². The number of tetrazole rings is 1. The van der Waals surface area contributed by atoms with E-state index >= 15 is 0 Å². The molecule has 18 heavy (non-hydrogen) atoms. The van der Waals surface area contributed by atoms with Gasteiger partial charge in [0.1, 0.15) is 0 Å². The van der Waals surface area contributed by atoms with E-state index in [1.807, 2.05) is 31.2 Å². The lowest BCUT2D eigenvalue weighted by molar-refractivity contribution is 0.140. The Morgan fingerprint density at radius 3 is 3.06 bits per heavy atom. The molecule has 0 aliphatic heterocycles. The first-order chi connectivity index (χ1) is 8.81. The molecule has 0 aliphatic rings. The molecule has 6 heteroatoms. The van der Waals surface area contributed by atoms with Gasteiger partial charge in [0, 0.05) is 31.0 Å². The van der Waals surface area contributed by atoms with Crippen LogP contribution in [-0.4, -0.2) is 33.4 Å². The van der Waals surface area contributed by atoms with Gasteiger partial charge in [-0.2, -0.15) is 0 Å². The van der Waals surface area contributed by atoms with Crippen LogP contribution in [0, 0.1) is 0 Å². The summed E-state index contributed by atoms with van der Waals surface area (Å²) in [5.74, 6) is 0.735. The van der Waals surface area contributed by atoms with Crippen LogP contribution in [0.5, 0.6) is 0 Å². The van der Waals surface area contributed by atoms with E-state index in [-0.39, 0.29) is 0 Å². The molecular weight excluding hydrogens is 230 g/mol. The molecule has 0 saturated heterocycles. The summed E-state index contributed by atoms with van der Waals surface area (Å²) in [4.78, 5) is 0. The summed E-state index contributed by atoms with van der Waals surface area (Å²) in [6.45, 7) is 4.16. The number of nitrogens with two attached hydrogens (primary N) is 1. The number of nitrogens with zero attached hydrogens (tertiary/aromatic N) is 4. The molecule has 6 nitrogen and oxygen atoms in total. The summed E-state index contributed by atoms with van der Waals surface area (Å²) in [5.41, 5.74) is 7.39. The summed E-state index contributed by atoms with van der Waals surface area (Å²) in [6.07, 6.45) is 0.883. The second-order valence-corrected chi connectivity index (χ2v) is 3.90. The van der Waals surface area contributed by atoms with Crippen LogP contribution in [0.1, 0.15) is 13.3 Å². The first kappa shape index (κ1) is 12.5. The van der Waals surface area contributed by atoms with Crippen molar-refractivity contribution in [2.75, 3.05) is 18.9 Å². The van der Waals surface area contributed by atoms with Crippen molar-refractivity contribution in [3.05, 3.63) is 24.3 Å². The van der Waals surface area contributed by atoms with Crippen molar-refractivity contribution in [3.63, 3.8) is 0 Å². The van der Waals surface area contributed by atoms with Crippen molar-refractivity contribution in [1.29, 1.82) is 0 Å². The normalized spacial score (nSPS) is 10.7. The zero-order valence-electron chi connectivity index (χ0n) is 10.4. The Labute approximate surface area is 106 Å². The van der Waals surface area contributed by atoms with E-state index in [2.05, 4.69) is 15.5 Å². The molecule has 0 amide bonds. The Morgan fingerprint density at radius 1 is 1.39 bits per heavy atom. The SMILES string of the molecule is CCOCCCn1nnnc1-c1cccc(N)c1. The van der Waals surface area contributed by atoms with Crippen molar-refractivity contribution in [2.24, 2.45) is 0 Å². The van der Waals surface area contributed by atoms with Crippen LogP contribution in [0.4, 0.5) is 5.69 Å². The van der Waals surface area contributed by atoms with Gasteiger partial charge in [-0.3, -0.25) is 0 Å². The van der Waals surface area contributed by atoms with E-state index in [0.717, 1.165) is 31.0 Å². The van der Waals surface area contributed by atoms with Crippen LogP contribution in [0.25, 0.3) is 11.4 Å². The average molecular weight is 247 g/mol. The highest BCUT2D eigenvalue weighted by Gasteiger charge is 2.08. The third kappa shape index (κ3) is 3.04. The molecule has 1 aromatic heterocycles. The lowest BCUT2D eigenvalue weighted by atomic mass is 10.2. The molecule has 0 atom stereocenters. The predicted octanol–water partition coefficient (Wildman–Crippen LogP) is 1.35. The standard InChI is InChI=1S/C12H17N5O/c1-2-18-8-4-7-17-12(14-15-16-17)10-5-3-6-11(13)9-10/h3,5-6,9H,2,4,7-8,13H2,1H3. The third-order valence-corrected chi connectivity index (χ3v) is 2.54. The van der Waals surface area contributed by atoms with Gasteiger partial charge >= 0.3 is 0 Å². The average Bonchev–Trinajstić information content (AvgIpc) is 2.83. The minimum atomic E-state index is 0.705. The van der Waals surface area contributed by atoms with Crippen molar-refractivity contribution in [1.82, 2.24) is 20.2 Å². The van der Waals surface area contributed by atoms with Gasteiger partial charge in [0.2, 0.25) is 0 Å². The summed E-state index contributed by atoms with van der Waals surface area (Å²) in [7, 11) is 0. The third-order valence-electron chi connectivity index (χ3n) is 2.54. The van der Waals surface area contributed by atoms with Gasteiger partial charge in [0.15, 0.2) is 5.82 Å². The van der Waals surface area contributed by atoms with Crippen LogP contribution < -0.4 is 5.73 Å². The molecule has 0 fully saturated rings. The molecule has 0 saturated carbocycles. The maximum atomic E-state index is 5.76. The number of rotatable bonds is 6. The van der Waals surface area contributed by atoms with Crippen molar-refractivity contribution >= 4 is 5.69 Å². The van der Waals surface area contributed by atoms with Gasteiger partial charge in [0.05, 0.1) is 0 Å². The molecule has 2 rings (SSSR count). The molecular formula is C12H17N5O. The number of hydrogen-bond donors (Lipinski definition) is 1. The lowest BCUT2D eigenvalue weighted by Crippen LogP contribution is -2.06. The fourth-order valence-electron chi connectivity index (χ4n) is 1.70. The minimum Gasteiger partial charge on any atom is -0.399 e. The molecule has 1 heterocycles. The van der Waals surface area contributed by atoms with Gasteiger partial charge < -0.3 is 10.5 Å². The summed E-state index contributed by atoms with van der Waals surface area (Å²) < 4.78 is 7.07. The van der Waals surface area contributed by atoms with Gasteiger partial charge in [-0.05, 0) is 35.9 Å². The second kappa shape index (κ2) is 6.11. The van der Waals surface area contributed by atoms with Crippen LogP contribution in [-0.2, 0) is 11.3 Å². The van der Waals surface area contributed by atoms with E-state index in [1.54, 1.807) is 4.68 Å².